The number of carbonyl (C=O) groups excluding carboxylic acids is 1. The SMILES string of the molecule is CCCC(=O)NC1CCOc2c(C(N)CCC)cc(C)cc21. The summed E-state index contributed by atoms with van der Waals surface area (Å²) in [6, 6.07) is 4.27. The number of amides is 1. The number of aryl methyl sites for hydroxylation is 1. The molecule has 2 rings (SSSR count). The molecule has 4 heteroatoms. The fourth-order valence-electron chi connectivity index (χ4n) is 3.08. The highest BCUT2D eigenvalue weighted by atomic mass is 16.5. The van der Waals surface area contributed by atoms with E-state index < -0.39 is 0 Å². The quantitative estimate of drug-likeness (QED) is 0.845. The first-order valence-corrected chi connectivity index (χ1v) is 8.39. The summed E-state index contributed by atoms with van der Waals surface area (Å²) in [7, 11) is 0. The van der Waals surface area contributed by atoms with Gasteiger partial charge in [0.05, 0.1) is 12.6 Å². The second-order valence-electron chi connectivity index (χ2n) is 6.17. The second kappa shape index (κ2) is 7.63. The van der Waals surface area contributed by atoms with Crippen LogP contribution in [0.25, 0.3) is 0 Å². The first-order chi connectivity index (χ1) is 10.6. The molecule has 0 aliphatic carbocycles. The van der Waals surface area contributed by atoms with Crippen molar-refractivity contribution in [2.75, 3.05) is 6.61 Å². The maximum absolute atomic E-state index is 12.0. The van der Waals surface area contributed by atoms with Gasteiger partial charge < -0.3 is 15.8 Å². The Hall–Kier alpha value is -1.55. The average Bonchev–Trinajstić information content (AvgIpc) is 2.47. The first kappa shape index (κ1) is 16.8. The average molecular weight is 304 g/mol. The molecule has 4 nitrogen and oxygen atoms in total. The molecule has 0 radical (unpaired) electrons. The van der Waals surface area contributed by atoms with Crippen LogP contribution in [0.3, 0.4) is 0 Å². The van der Waals surface area contributed by atoms with Gasteiger partial charge in [0.25, 0.3) is 0 Å². The van der Waals surface area contributed by atoms with Crippen molar-refractivity contribution in [3.63, 3.8) is 0 Å². The highest BCUT2D eigenvalue weighted by Crippen LogP contribution is 2.39. The Kier molecular flexibility index (Phi) is 5.83. The third-order valence-electron chi connectivity index (χ3n) is 4.13. The highest BCUT2D eigenvalue weighted by Gasteiger charge is 2.27. The third-order valence-corrected chi connectivity index (χ3v) is 4.13. The molecule has 0 saturated heterocycles. The van der Waals surface area contributed by atoms with Crippen molar-refractivity contribution in [2.45, 2.75) is 65.0 Å². The maximum atomic E-state index is 12.0. The summed E-state index contributed by atoms with van der Waals surface area (Å²) in [6.07, 6.45) is 4.23. The van der Waals surface area contributed by atoms with Crippen LogP contribution in [0.2, 0.25) is 0 Å². The number of carbonyl (C=O) groups is 1. The Morgan fingerprint density at radius 3 is 2.86 bits per heavy atom. The van der Waals surface area contributed by atoms with E-state index in [1.807, 2.05) is 6.92 Å². The molecule has 0 fully saturated rings. The molecule has 1 heterocycles. The summed E-state index contributed by atoms with van der Waals surface area (Å²) < 4.78 is 5.92. The number of hydrogen-bond donors (Lipinski definition) is 2. The Balaban J connectivity index is 2.32. The number of fused-ring (bicyclic) bond motifs is 1. The van der Waals surface area contributed by atoms with Gasteiger partial charge in [-0.15, -0.1) is 0 Å². The van der Waals surface area contributed by atoms with Gasteiger partial charge in [0, 0.05) is 30.0 Å². The molecule has 3 N–H and O–H groups in total. The van der Waals surface area contributed by atoms with E-state index in [1.54, 1.807) is 0 Å². The summed E-state index contributed by atoms with van der Waals surface area (Å²) in [5, 5.41) is 3.14. The Bertz CT molecular complexity index is 528. The molecule has 1 aromatic carbocycles. The lowest BCUT2D eigenvalue weighted by Gasteiger charge is -2.30. The number of ether oxygens (including phenoxy) is 1. The van der Waals surface area contributed by atoms with Gasteiger partial charge in [0.2, 0.25) is 5.91 Å². The van der Waals surface area contributed by atoms with Gasteiger partial charge in [-0.3, -0.25) is 4.79 Å². The summed E-state index contributed by atoms with van der Waals surface area (Å²) in [5.74, 6) is 1.00. The molecule has 22 heavy (non-hydrogen) atoms. The zero-order valence-electron chi connectivity index (χ0n) is 13.9. The topological polar surface area (TPSA) is 64.3 Å². The summed E-state index contributed by atoms with van der Waals surface area (Å²) in [4.78, 5) is 12.0. The Labute approximate surface area is 133 Å². The van der Waals surface area contributed by atoms with Crippen LogP contribution in [0, 0.1) is 6.92 Å². The monoisotopic (exact) mass is 304 g/mol. The fraction of sp³-hybridized carbons (Fsp3) is 0.611. The van der Waals surface area contributed by atoms with Crippen LogP contribution in [0.5, 0.6) is 5.75 Å². The van der Waals surface area contributed by atoms with E-state index in [1.165, 1.54) is 5.56 Å². The van der Waals surface area contributed by atoms with Crippen molar-refractivity contribution in [2.24, 2.45) is 5.73 Å². The van der Waals surface area contributed by atoms with Gasteiger partial charge >= 0.3 is 0 Å². The van der Waals surface area contributed by atoms with E-state index >= 15 is 0 Å². The first-order valence-electron chi connectivity index (χ1n) is 8.39. The van der Waals surface area contributed by atoms with Gasteiger partial charge in [-0.05, 0) is 19.8 Å². The largest absolute Gasteiger partial charge is 0.493 e. The minimum absolute atomic E-state index is 0.0104. The van der Waals surface area contributed by atoms with E-state index in [0.717, 1.165) is 42.6 Å². The van der Waals surface area contributed by atoms with Crippen LogP contribution in [0.1, 0.15) is 74.7 Å². The number of hydrogen-bond acceptors (Lipinski definition) is 3. The van der Waals surface area contributed by atoms with Crippen LogP contribution >= 0.6 is 0 Å². The number of rotatable bonds is 6. The van der Waals surface area contributed by atoms with Crippen molar-refractivity contribution in [3.8, 4) is 5.75 Å². The van der Waals surface area contributed by atoms with E-state index in [-0.39, 0.29) is 18.0 Å². The van der Waals surface area contributed by atoms with E-state index in [2.05, 4.69) is 31.3 Å². The standard InChI is InChI=1S/C18H28N2O2/c1-4-6-15(19)13-10-12(3)11-14-16(8-9-22-18(13)14)20-17(21)7-5-2/h10-11,15-16H,4-9,19H2,1-3H3,(H,20,21). The van der Waals surface area contributed by atoms with Crippen LogP contribution in [0.15, 0.2) is 12.1 Å². The molecule has 1 aliphatic rings. The molecule has 1 amide bonds. The molecule has 0 aromatic heterocycles. The van der Waals surface area contributed by atoms with Gasteiger partial charge in [0.15, 0.2) is 0 Å². The highest BCUT2D eigenvalue weighted by molar-refractivity contribution is 5.76. The molecular weight excluding hydrogens is 276 g/mol. The Morgan fingerprint density at radius 2 is 2.18 bits per heavy atom. The van der Waals surface area contributed by atoms with Crippen LogP contribution < -0.4 is 15.8 Å². The van der Waals surface area contributed by atoms with E-state index in [9.17, 15) is 4.79 Å². The zero-order chi connectivity index (χ0) is 16.1. The molecule has 1 aromatic rings. The van der Waals surface area contributed by atoms with Crippen LogP contribution in [0.4, 0.5) is 0 Å². The number of nitrogens with one attached hydrogen (secondary N) is 1. The molecule has 1 aliphatic heterocycles. The van der Waals surface area contributed by atoms with Crippen molar-refractivity contribution in [1.29, 1.82) is 0 Å². The number of nitrogens with two attached hydrogens (primary N) is 1. The van der Waals surface area contributed by atoms with Gasteiger partial charge in [0.1, 0.15) is 5.75 Å². The van der Waals surface area contributed by atoms with E-state index in [0.29, 0.717) is 13.0 Å². The normalized spacial score (nSPS) is 18.3. The Morgan fingerprint density at radius 1 is 1.41 bits per heavy atom. The molecule has 0 bridgehead atoms. The molecule has 0 saturated carbocycles. The van der Waals surface area contributed by atoms with Crippen LogP contribution in [-0.4, -0.2) is 12.5 Å². The van der Waals surface area contributed by atoms with Gasteiger partial charge in [-0.25, -0.2) is 0 Å². The minimum atomic E-state index is -0.0104. The zero-order valence-corrected chi connectivity index (χ0v) is 13.9. The summed E-state index contributed by atoms with van der Waals surface area (Å²) in [6.45, 7) is 6.85. The second-order valence-corrected chi connectivity index (χ2v) is 6.17. The lowest BCUT2D eigenvalue weighted by Crippen LogP contribution is -2.32. The molecule has 122 valence electrons. The van der Waals surface area contributed by atoms with E-state index in [4.69, 9.17) is 10.5 Å². The molecular formula is C18H28N2O2. The van der Waals surface area contributed by atoms with Crippen molar-refractivity contribution >= 4 is 5.91 Å². The predicted molar refractivity (Wildman–Crippen MR) is 88.9 cm³/mol. The predicted octanol–water partition coefficient (Wildman–Crippen LogP) is 3.53. The van der Waals surface area contributed by atoms with Crippen molar-refractivity contribution in [3.05, 3.63) is 28.8 Å². The van der Waals surface area contributed by atoms with Crippen molar-refractivity contribution in [1.82, 2.24) is 5.32 Å². The summed E-state index contributed by atoms with van der Waals surface area (Å²) >= 11 is 0. The third kappa shape index (κ3) is 3.80. The lowest BCUT2D eigenvalue weighted by molar-refractivity contribution is -0.122. The lowest BCUT2D eigenvalue weighted by atomic mass is 9.91. The van der Waals surface area contributed by atoms with Gasteiger partial charge in [-0.2, -0.15) is 0 Å². The molecule has 2 atom stereocenters. The fourth-order valence-corrected chi connectivity index (χ4v) is 3.08. The summed E-state index contributed by atoms with van der Waals surface area (Å²) in [5.41, 5.74) is 9.65. The molecule has 2 unspecified atom stereocenters. The van der Waals surface area contributed by atoms with Gasteiger partial charge in [-0.1, -0.05) is 38.0 Å². The minimum Gasteiger partial charge on any atom is -0.493 e. The number of benzene rings is 1. The smallest absolute Gasteiger partial charge is 0.220 e. The molecule has 0 spiro atoms. The maximum Gasteiger partial charge on any atom is 0.220 e. The van der Waals surface area contributed by atoms with Crippen LogP contribution in [-0.2, 0) is 4.79 Å². The van der Waals surface area contributed by atoms with Crippen molar-refractivity contribution < 1.29 is 9.53 Å².